The smallest absolute Gasteiger partial charge is 0.341 e. The highest BCUT2D eigenvalue weighted by Crippen LogP contribution is 2.11. The molecule has 10 heteroatoms. The number of benzene rings is 3. The van der Waals surface area contributed by atoms with Crippen LogP contribution in [0.15, 0.2) is 164 Å². The number of carbonyl (C=O) groups excluding carboxylic acids is 1. The summed E-state index contributed by atoms with van der Waals surface area (Å²) in [4.78, 5) is 34.2. The Labute approximate surface area is 291 Å². The van der Waals surface area contributed by atoms with Crippen molar-refractivity contribution in [1.82, 2.24) is 4.90 Å². The van der Waals surface area contributed by atoms with E-state index in [9.17, 15) is 19.5 Å². The standard InChI is InChI=1S/C13H13NO2.2C13H11NO2.ClH/c3*15-13(16)12-7-4-8-14(10-12)9-11-5-2-1-3-6-11;/h1-8H,9-10H2,(H,15,16);2*1-8,10H,9H2;1H. The van der Waals surface area contributed by atoms with Crippen LogP contribution in [0.1, 0.15) is 37.4 Å². The molecule has 0 radical (unpaired) electrons. The third kappa shape index (κ3) is 12.9. The second-order valence-corrected chi connectivity index (χ2v) is 10.8. The average molecular weight is 678 g/mol. The van der Waals surface area contributed by atoms with Gasteiger partial charge >= 0.3 is 11.9 Å². The Morgan fingerprint density at radius 2 is 1.06 bits per heavy atom. The molecule has 0 atom stereocenters. The first kappa shape index (κ1) is 37.4. The van der Waals surface area contributed by atoms with Crippen molar-refractivity contribution >= 4 is 17.9 Å². The third-order valence-electron chi connectivity index (χ3n) is 7.08. The molecule has 5 aromatic rings. The molecule has 6 rings (SSSR count). The van der Waals surface area contributed by atoms with E-state index in [4.69, 9.17) is 10.2 Å². The molecule has 1 aliphatic rings. The molecule has 0 bridgehead atoms. The van der Waals surface area contributed by atoms with Crippen molar-refractivity contribution in [3.05, 3.63) is 192 Å². The van der Waals surface area contributed by atoms with E-state index in [-0.39, 0.29) is 12.4 Å². The van der Waals surface area contributed by atoms with Crippen LogP contribution < -0.4 is 26.6 Å². The topological polar surface area (TPSA) is 126 Å². The van der Waals surface area contributed by atoms with Gasteiger partial charge in [-0.1, -0.05) is 97.1 Å². The van der Waals surface area contributed by atoms with Gasteiger partial charge in [0.25, 0.3) is 0 Å². The monoisotopic (exact) mass is 677 g/mol. The van der Waals surface area contributed by atoms with Gasteiger partial charge in [-0.05, 0) is 35.5 Å². The van der Waals surface area contributed by atoms with Gasteiger partial charge in [-0.25, -0.2) is 9.59 Å². The highest BCUT2D eigenvalue weighted by molar-refractivity contribution is 5.87. The summed E-state index contributed by atoms with van der Waals surface area (Å²) >= 11 is 0. The average Bonchev–Trinajstić information content (AvgIpc) is 3.10. The predicted octanol–water partition coefficient (Wildman–Crippen LogP) is 1.14. The van der Waals surface area contributed by atoms with Gasteiger partial charge in [-0.3, -0.25) is 0 Å². The van der Waals surface area contributed by atoms with Gasteiger partial charge in [-0.15, -0.1) is 0 Å². The summed E-state index contributed by atoms with van der Waals surface area (Å²) in [6.45, 7) is 2.47. The minimum Gasteiger partial charge on any atom is -1.00 e. The molecule has 0 spiro atoms. The largest absolute Gasteiger partial charge is 1.00 e. The number of carboxylic acid groups (broad SMARTS) is 3. The van der Waals surface area contributed by atoms with Crippen LogP contribution in [-0.2, 0) is 24.4 Å². The number of pyridine rings is 2. The zero-order chi connectivity index (χ0) is 34.1. The van der Waals surface area contributed by atoms with Gasteiger partial charge in [0.05, 0.1) is 5.97 Å². The summed E-state index contributed by atoms with van der Waals surface area (Å²) in [5.74, 6) is -2.90. The van der Waals surface area contributed by atoms with Crippen LogP contribution in [0.25, 0.3) is 0 Å². The zero-order valence-corrected chi connectivity index (χ0v) is 27.3. The summed E-state index contributed by atoms with van der Waals surface area (Å²) < 4.78 is 3.72. The number of nitrogens with zero attached hydrogens (tertiary/aromatic N) is 3. The van der Waals surface area contributed by atoms with E-state index in [0.717, 1.165) is 16.7 Å². The summed E-state index contributed by atoms with van der Waals surface area (Å²) in [7, 11) is 0. The molecule has 0 aliphatic carbocycles. The van der Waals surface area contributed by atoms with Crippen molar-refractivity contribution in [3.63, 3.8) is 0 Å². The number of aliphatic carboxylic acids is 1. The fourth-order valence-electron chi connectivity index (χ4n) is 4.75. The maximum absolute atomic E-state index is 10.8. The molecule has 9 nitrogen and oxygen atoms in total. The Balaban J connectivity index is 0.000000197. The van der Waals surface area contributed by atoms with E-state index in [2.05, 4.69) is 0 Å². The molecule has 2 N–H and O–H groups in total. The van der Waals surface area contributed by atoms with E-state index in [1.165, 1.54) is 0 Å². The van der Waals surface area contributed by atoms with E-state index in [1.807, 2.05) is 124 Å². The van der Waals surface area contributed by atoms with Crippen molar-refractivity contribution in [2.24, 2.45) is 0 Å². The van der Waals surface area contributed by atoms with E-state index >= 15 is 0 Å². The molecule has 250 valence electrons. The van der Waals surface area contributed by atoms with Gasteiger partial charge < -0.3 is 37.4 Å². The molecule has 0 saturated heterocycles. The summed E-state index contributed by atoms with van der Waals surface area (Å²) in [6, 6.07) is 36.5. The van der Waals surface area contributed by atoms with E-state index in [0.29, 0.717) is 42.9 Å². The molecule has 0 unspecified atom stereocenters. The maximum Gasteiger partial charge on any atom is 0.341 e. The number of carboxylic acids is 3. The second kappa shape index (κ2) is 19.6. The number of allylic oxidation sites excluding steroid dienone is 2. The van der Waals surface area contributed by atoms with E-state index in [1.54, 1.807) is 48.8 Å². The second-order valence-electron chi connectivity index (χ2n) is 10.8. The lowest BCUT2D eigenvalue weighted by Crippen LogP contribution is -3.00. The fraction of sp³-hybridized carbons (Fsp3) is 0.103. The number of hydrogen-bond donors (Lipinski definition) is 2. The van der Waals surface area contributed by atoms with Gasteiger partial charge in [0.15, 0.2) is 37.9 Å². The molecule has 49 heavy (non-hydrogen) atoms. The molecule has 2 aromatic heterocycles. The lowest BCUT2D eigenvalue weighted by atomic mass is 10.1. The fourth-order valence-corrected chi connectivity index (χ4v) is 4.75. The number of hydrogen-bond acceptors (Lipinski definition) is 5. The summed E-state index contributed by atoms with van der Waals surface area (Å²) in [5, 5.41) is 28.4. The molecule has 0 saturated carbocycles. The van der Waals surface area contributed by atoms with E-state index < -0.39 is 17.9 Å². The number of aromatic carboxylic acids is 2. The van der Waals surface area contributed by atoms with Crippen molar-refractivity contribution in [2.75, 3.05) is 6.54 Å². The van der Waals surface area contributed by atoms with Gasteiger partial charge in [0.2, 0.25) is 0 Å². The minimum absolute atomic E-state index is 0. The third-order valence-corrected chi connectivity index (χ3v) is 7.08. The number of rotatable bonds is 9. The summed E-state index contributed by atoms with van der Waals surface area (Å²) in [6.07, 6.45) is 12.2. The molecule has 1 aliphatic heterocycles. The van der Waals surface area contributed by atoms with Crippen LogP contribution in [-0.4, -0.2) is 39.6 Å². The van der Waals surface area contributed by atoms with Crippen LogP contribution >= 0.6 is 0 Å². The lowest BCUT2D eigenvalue weighted by molar-refractivity contribution is -0.688. The molecular formula is C39H36ClN3O6. The van der Waals surface area contributed by atoms with Crippen LogP contribution in [0, 0.1) is 0 Å². The lowest BCUT2D eigenvalue weighted by Gasteiger charge is -2.25. The normalized spacial score (nSPS) is 11.3. The SMILES string of the molecule is O=C(O)c1ccc[n+](Cc2ccccc2)c1.O=C(O)c1ccc[n+](Cc2ccccc2)c1.O=C([O-])C1=CC=CN(Cc2ccccc2)C1.[Cl-]. The maximum atomic E-state index is 10.8. The molecule has 0 amide bonds. The van der Waals surface area contributed by atoms with Crippen molar-refractivity contribution in [3.8, 4) is 0 Å². The van der Waals surface area contributed by atoms with Crippen LogP contribution in [0.2, 0.25) is 0 Å². The quantitative estimate of drug-likeness (QED) is 0.224. The molecule has 0 fully saturated rings. The van der Waals surface area contributed by atoms with Crippen molar-refractivity contribution in [2.45, 2.75) is 19.6 Å². The van der Waals surface area contributed by atoms with Crippen LogP contribution in [0.3, 0.4) is 0 Å². The Bertz CT molecular complexity index is 1770. The Hall–Kier alpha value is -6.06. The Kier molecular flexibility index (Phi) is 14.9. The molecular weight excluding hydrogens is 642 g/mol. The first-order chi connectivity index (χ1) is 23.3. The first-order valence-corrected chi connectivity index (χ1v) is 15.2. The van der Waals surface area contributed by atoms with Crippen molar-refractivity contribution in [1.29, 1.82) is 0 Å². The number of carbonyl (C=O) groups is 3. The Morgan fingerprint density at radius 1 is 0.633 bits per heavy atom. The van der Waals surface area contributed by atoms with Gasteiger partial charge in [0.1, 0.15) is 11.1 Å². The van der Waals surface area contributed by atoms with Crippen molar-refractivity contribution < 1.29 is 51.2 Å². The number of halogens is 1. The predicted molar refractivity (Wildman–Crippen MR) is 177 cm³/mol. The Morgan fingerprint density at radius 3 is 1.47 bits per heavy atom. The van der Waals surface area contributed by atoms with Crippen LogP contribution in [0.5, 0.6) is 0 Å². The summed E-state index contributed by atoms with van der Waals surface area (Å²) in [5.41, 5.74) is 4.38. The van der Waals surface area contributed by atoms with Gasteiger partial charge in [0, 0.05) is 36.3 Å². The molecule has 3 heterocycles. The highest BCUT2D eigenvalue weighted by Gasteiger charge is 2.11. The highest BCUT2D eigenvalue weighted by atomic mass is 35.5. The number of aromatic nitrogens is 2. The zero-order valence-electron chi connectivity index (χ0n) is 26.6. The van der Waals surface area contributed by atoms with Crippen LogP contribution in [0.4, 0.5) is 0 Å². The molecule has 3 aromatic carbocycles. The first-order valence-electron chi connectivity index (χ1n) is 15.2. The van der Waals surface area contributed by atoms with Gasteiger partial charge in [-0.2, -0.15) is 9.13 Å². The minimum atomic E-state index is -1.09.